The molecule has 1 fully saturated rings. The Morgan fingerprint density at radius 3 is 2.32 bits per heavy atom. The lowest BCUT2D eigenvalue weighted by Crippen LogP contribution is -2.46. The summed E-state index contributed by atoms with van der Waals surface area (Å²) >= 11 is 0. The number of carbonyl (C=O) groups excluding carboxylic acids is 2. The second-order valence-corrected chi connectivity index (χ2v) is 8.03. The van der Waals surface area contributed by atoms with Gasteiger partial charge in [0.1, 0.15) is 0 Å². The molecule has 0 bridgehead atoms. The number of anilines is 1. The van der Waals surface area contributed by atoms with Crippen molar-refractivity contribution in [2.45, 2.75) is 18.5 Å². The zero-order chi connectivity index (χ0) is 21.4. The minimum absolute atomic E-state index is 0.122. The van der Waals surface area contributed by atoms with Crippen LogP contribution in [-0.4, -0.2) is 30.7 Å². The van der Waals surface area contributed by atoms with Gasteiger partial charge in [-0.2, -0.15) is 0 Å². The number of nitrogens with zero attached hydrogens (tertiary/aromatic N) is 2. The minimum atomic E-state index is -0.961. The molecule has 5 nitrogen and oxygen atoms in total. The third kappa shape index (κ3) is 3.63. The lowest BCUT2D eigenvalue weighted by Gasteiger charge is -2.21. The predicted molar refractivity (Wildman–Crippen MR) is 121 cm³/mol. The highest BCUT2D eigenvalue weighted by atomic mass is 16.2. The lowest BCUT2D eigenvalue weighted by molar-refractivity contribution is -0.128. The Hall–Kier alpha value is -3.73. The normalized spacial score (nSPS) is 22.2. The average Bonchev–Trinajstić information content (AvgIpc) is 3.63. The molecule has 3 atom stereocenters. The smallest absolute Gasteiger partial charge is 0.272 e. The van der Waals surface area contributed by atoms with Crippen LogP contribution in [0.1, 0.15) is 29.0 Å². The van der Waals surface area contributed by atoms with Crippen molar-refractivity contribution in [1.82, 2.24) is 5.32 Å². The van der Waals surface area contributed by atoms with Crippen LogP contribution in [0.5, 0.6) is 0 Å². The van der Waals surface area contributed by atoms with E-state index in [1.165, 1.54) is 0 Å². The van der Waals surface area contributed by atoms with Gasteiger partial charge < -0.3 is 10.2 Å². The van der Waals surface area contributed by atoms with Crippen LogP contribution < -0.4 is 10.2 Å². The lowest BCUT2D eigenvalue weighted by atomic mass is 10.0. The molecule has 0 spiro atoms. The van der Waals surface area contributed by atoms with E-state index in [1.807, 2.05) is 84.9 Å². The van der Waals surface area contributed by atoms with E-state index in [0.29, 0.717) is 5.71 Å². The number of carbonyl (C=O) groups is 2. The summed E-state index contributed by atoms with van der Waals surface area (Å²) in [6.07, 6.45) is -0.167. The molecule has 31 heavy (non-hydrogen) atoms. The van der Waals surface area contributed by atoms with E-state index < -0.39 is 6.17 Å². The number of likely N-dealkylation sites (N-methyl/N-ethyl adjacent to an activating group) is 1. The van der Waals surface area contributed by atoms with Crippen LogP contribution in [-0.2, 0) is 9.59 Å². The van der Waals surface area contributed by atoms with E-state index in [4.69, 9.17) is 4.99 Å². The third-order valence-corrected chi connectivity index (χ3v) is 6.02. The van der Waals surface area contributed by atoms with Gasteiger partial charge in [0.15, 0.2) is 0 Å². The number of benzodiazepines with no additional fused rings is 1. The number of benzene rings is 3. The number of hydrogen-bond acceptors (Lipinski definition) is 3. The van der Waals surface area contributed by atoms with Crippen molar-refractivity contribution < 1.29 is 9.59 Å². The molecule has 2 aliphatic rings. The highest BCUT2D eigenvalue weighted by Crippen LogP contribution is 2.47. The SMILES string of the molecule is CN1C(=O)[C@H](NC(=O)C2CC2c2ccccc2)N=C(c2ccccc2)c2ccccc21. The molecular weight excluding hydrogens is 386 g/mol. The van der Waals surface area contributed by atoms with Gasteiger partial charge in [0.2, 0.25) is 12.1 Å². The fourth-order valence-corrected chi connectivity index (χ4v) is 4.24. The van der Waals surface area contributed by atoms with Gasteiger partial charge in [-0.25, -0.2) is 4.99 Å². The fourth-order valence-electron chi connectivity index (χ4n) is 4.24. The number of rotatable bonds is 4. The highest BCUT2D eigenvalue weighted by Gasteiger charge is 2.45. The first-order chi connectivity index (χ1) is 15.1. The number of para-hydroxylation sites is 1. The van der Waals surface area contributed by atoms with Crippen LogP contribution >= 0.6 is 0 Å². The Morgan fingerprint density at radius 2 is 1.58 bits per heavy atom. The van der Waals surface area contributed by atoms with E-state index in [1.54, 1.807) is 11.9 Å². The molecule has 0 saturated heterocycles. The topological polar surface area (TPSA) is 61.8 Å². The summed E-state index contributed by atoms with van der Waals surface area (Å²) in [5.74, 6) is -0.289. The van der Waals surface area contributed by atoms with Crippen molar-refractivity contribution in [3.05, 3.63) is 102 Å². The molecule has 1 aliphatic carbocycles. The Kier molecular flexibility index (Phi) is 4.86. The minimum Gasteiger partial charge on any atom is -0.326 e. The summed E-state index contributed by atoms with van der Waals surface area (Å²) in [6, 6.07) is 27.5. The molecule has 5 heteroatoms. The average molecular weight is 409 g/mol. The number of hydrogen-bond donors (Lipinski definition) is 1. The van der Waals surface area contributed by atoms with Gasteiger partial charge in [0.25, 0.3) is 5.91 Å². The molecule has 0 radical (unpaired) electrons. The van der Waals surface area contributed by atoms with Crippen LogP contribution in [0.4, 0.5) is 5.69 Å². The first-order valence-corrected chi connectivity index (χ1v) is 10.5. The molecular formula is C26H23N3O2. The Bertz CT molecular complexity index is 1160. The largest absolute Gasteiger partial charge is 0.326 e. The molecule has 3 aromatic carbocycles. The van der Waals surface area contributed by atoms with E-state index >= 15 is 0 Å². The third-order valence-electron chi connectivity index (χ3n) is 6.02. The number of nitrogens with one attached hydrogen (secondary N) is 1. The number of fused-ring (bicyclic) bond motifs is 1. The maximum absolute atomic E-state index is 13.2. The molecule has 1 N–H and O–H groups in total. The van der Waals surface area contributed by atoms with Crippen molar-refractivity contribution >= 4 is 23.2 Å². The molecule has 1 saturated carbocycles. The molecule has 3 aromatic rings. The molecule has 5 rings (SSSR count). The van der Waals surface area contributed by atoms with Gasteiger partial charge in [-0.05, 0) is 24.0 Å². The van der Waals surface area contributed by atoms with Gasteiger partial charge in [-0.1, -0.05) is 78.9 Å². The van der Waals surface area contributed by atoms with Crippen molar-refractivity contribution in [3.8, 4) is 0 Å². The molecule has 154 valence electrons. The molecule has 1 aliphatic heterocycles. The van der Waals surface area contributed by atoms with Gasteiger partial charge in [0, 0.05) is 24.1 Å². The second kappa shape index (κ2) is 7.84. The second-order valence-electron chi connectivity index (χ2n) is 8.03. The van der Waals surface area contributed by atoms with Crippen molar-refractivity contribution in [2.24, 2.45) is 10.9 Å². The Balaban J connectivity index is 1.46. The van der Waals surface area contributed by atoms with E-state index in [9.17, 15) is 9.59 Å². The molecule has 2 amide bonds. The number of aliphatic imine (C=N–C) groups is 1. The molecule has 1 heterocycles. The summed E-state index contributed by atoms with van der Waals surface area (Å²) in [5, 5.41) is 2.92. The zero-order valence-electron chi connectivity index (χ0n) is 17.2. The van der Waals surface area contributed by atoms with Crippen LogP contribution in [0.25, 0.3) is 0 Å². The monoisotopic (exact) mass is 409 g/mol. The summed E-state index contributed by atoms with van der Waals surface area (Å²) in [6.45, 7) is 0. The van der Waals surface area contributed by atoms with Crippen molar-refractivity contribution in [3.63, 3.8) is 0 Å². The maximum Gasteiger partial charge on any atom is 0.272 e. The summed E-state index contributed by atoms with van der Waals surface area (Å²) in [7, 11) is 1.73. The van der Waals surface area contributed by atoms with Crippen molar-refractivity contribution in [1.29, 1.82) is 0 Å². The molecule has 2 unspecified atom stereocenters. The summed E-state index contributed by atoms with van der Waals surface area (Å²) in [4.78, 5) is 32.6. The van der Waals surface area contributed by atoms with E-state index in [0.717, 1.165) is 28.8 Å². The Morgan fingerprint density at radius 1 is 0.935 bits per heavy atom. The summed E-state index contributed by atoms with van der Waals surface area (Å²) in [5.41, 5.74) is 4.42. The summed E-state index contributed by atoms with van der Waals surface area (Å²) < 4.78 is 0. The van der Waals surface area contributed by atoms with Crippen LogP contribution in [0.3, 0.4) is 0 Å². The first-order valence-electron chi connectivity index (χ1n) is 10.5. The van der Waals surface area contributed by atoms with Crippen LogP contribution in [0.15, 0.2) is 89.9 Å². The standard InChI is InChI=1S/C26H23N3O2/c1-29-22-15-9-8-14-19(22)23(18-12-6-3-7-13-18)27-24(26(29)31)28-25(30)21-16-20(21)17-10-4-2-5-11-17/h2-15,20-21,24H,16H2,1H3,(H,28,30)/t20?,21?,24-/m0/s1. The predicted octanol–water partition coefficient (Wildman–Crippen LogP) is 3.75. The van der Waals surface area contributed by atoms with Crippen LogP contribution in [0, 0.1) is 5.92 Å². The number of amides is 2. The van der Waals surface area contributed by atoms with E-state index in [2.05, 4.69) is 5.32 Å². The Labute approximate surface area is 181 Å². The van der Waals surface area contributed by atoms with Crippen LogP contribution in [0.2, 0.25) is 0 Å². The first kappa shape index (κ1) is 19.2. The fraction of sp³-hybridized carbons (Fsp3) is 0.192. The van der Waals surface area contributed by atoms with Gasteiger partial charge in [0.05, 0.1) is 11.4 Å². The quantitative estimate of drug-likeness (QED) is 0.713. The zero-order valence-corrected chi connectivity index (χ0v) is 17.2. The maximum atomic E-state index is 13.2. The van der Waals surface area contributed by atoms with Gasteiger partial charge >= 0.3 is 0 Å². The van der Waals surface area contributed by atoms with Gasteiger partial charge in [-0.3, -0.25) is 9.59 Å². The highest BCUT2D eigenvalue weighted by molar-refractivity contribution is 6.20. The molecule has 0 aromatic heterocycles. The van der Waals surface area contributed by atoms with Gasteiger partial charge in [-0.15, -0.1) is 0 Å². The van der Waals surface area contributed by atoms with Crippen molar-refractivity contribution in [2.75, 3.05) is 11.9 Å². The van der Waals surface area contributed by atoms with E-state index in [-0.39, 0.29) is 23.7 Å².